The normalized spacial score (nSPS) is 12.4. The fourth-order valence-corrected chi connectivity index (χ4v) is 3.56. The molecule has 1 aliphatic rings. The average Bonchev–Trinajstić information content (AvgIpc) is 3.57. The number of nitrogens with one attached hydrogen (secondary N) is 2. The lowest BCUT2D eigenvalue weighted by atomic mass is 9.94. The van der Waals surface area contributed by atoms with Crippen molar-refractivity contribution in [2.45, 2.75) is 19.0 Å². The number of rotatable bonds is 10. The minimum Gasteiger partial charge on any atom is -0.454 e. The van der Waals surface area contributed by atoms with Gasteiger partial charge in [0.15, 0.2) is 11.5 Å². The zero-order chi connectivity index (χ0) is 24.8. The lowest BCUT2D eigenvalue weighted by molar-refractivity contribution is -0.168. The molecule has 35 heavy (non-hydrogen) atoms. The fraction of sp³-hybridized carbons (Fsp3) is 0.286. The van der Waals surface area contributed by atoms with E-state index >= 15 is 0 Å². The summed E-state index contributed by atoms with van der Waals surface area (Å²) in [6.07, 6.45) is 4.61. The molecule has 0 fully saturated rings. The molecule has 3 aromatic rings. The molecule has 0 aliphatic carbocycles. The molecule has 0 saturated heterocycles. The highest BCUT2D eigenvalue weighted by Gasteiger charge is 2.52. The van der Waals surface area contributed by atoms with E-state index in [4.69, 9.17) is 21.3 Å². The first kappa shape index (κ1) is 24.0. The van der Waals surface area contributed by atoms with Gasteiger partial charge in [-0.1, -0.05) is 6.07 Å². The summed E-state index contributed by atoms with van der Waals surface area (Å²) in [5.74, 6) is 9.57. The number of carbonyl (C=O) groups excluding carboxylic acids is 2. The number of fused-ring (bicyclic) bond motifs is 1. The quantitative estimate of drug-likeness (QED) is 0.157. The van der Waals surface area contributed by atoms with Crippen LogP contribution in [0.5, 0.6) is 11.5 Å². The molecule has 1 aliphatic heterocycles. The van der Waals surface area contributed by atoms with Crippen LogP contribution < -0.4 is 31.9 Å². The zero-order valence-corrected chi connectivity index (χ0v) is 18.8. The first-order valence-corrected chi connectivity index (χ1v) is 10.5. The van der Waals surface area contributed by atoms with Gasteiger partial charge in [0.1, 0.15) is 6.33 Å². The Balaban J connectivity index is 1.53. The standard InChI is InChI=1S/C21H24N8O6/c1-13-8-17(28-20(27-13)29-7-6-25-11-29)21(18(30)34-22,19(31)35-23)26-5-4-24-10-14-2-3-15-16(9-14)33-12-32-15/h2-3,6-9,11,24,26H,4-5,10,12,22-23H2,1H3. The predicted molar refractivity (Wildman–Crippen MR) is 118 cm³/mol. The number of hydrogen-bond acceptors (Lipinski definition) is 13. The summed E-state index contributed by atoms with van der Waals surface area (Å²) >= 11 is 0. The van der Waals surface area contributed by atoms with Crippen molar-refractivity contribution in [3.63, 3.8) is 0 Å². The number of aromatic nitrogens is 4. The van der Waals surface area contributed by atoms with Gasteiger partial charge >= 0.3 is 11.9 Å². The van der Waals surface area contributed by atoms with E-state index < -0.39 is 17.5 Å². The monoisotopic (exact) mass is 484 g/mol. The Bertz CT molecular complexity index is 1190. The van der Waals surface area contributed by atoms with E-state index in [1.807, 2.05) is 18.2 Å². The highest BCUT2D eigenvalue weighted by Crippen LogP contribution is 2.32. The zero-order valence-electron chi connectivity index (χ0n) is 18.8. The van der Waals surface area contributed by atoms with E-state index in [2.05, 4.69) is 35.3 Å². The van der Waals surface area contributed by atoms with Crippen LogP contribution in [0.3, 0.4) is 0 Å². The van der Waals surface area contributed by atoms with E-state index in [1.165, 1.54) is 23.2 Å². The van der Waals surface area contributed by atoms with Crippen molar-refractivity contribution < 1.29 is 28.7 Å². The van der Waals surface area contributed by atoms with E-state index in [0.29, 0.717) is 30.3 Å². The number of carbonyl (C=O) groups is 2. The molecule has 2 aromatic heterocycles. The van der Waals surface area contributed by atoms with Crippen molar-refractivity contribution in [2.24, 2.45) is 11.8 Å². The Kier molecular flexibility index (Phi) is 7.17. The second-order valence-corrected chi connectivity index (χ2v) is 7.52. The molecule has 3 heterocycles. The summed E-state index contributed by atoms with van der Waals surface area (Å²) in [6, 6.07) is 7.02. The van der Waals surface area contributed by atoms with Crippen LogP contribution in [0.1, 0.15) is 17.0 Å². The number of benzene rings is 1. The van der Waals surface area contributed by atoms with Crippen LogP contribution in [0.15, 0.2) is 43.0 Å². The summed E-state index contributed by atoms with van der Waals surface area (Å²) < 4.78 is 12.2. The SMILES string of the molecule is Cc1cc(C(NCCNCc2ccc3c(c2)OCO3)(C(=O)ON)C(=O)ON)nc(-n2ccnc2)n1. The van der Waals surface area contributed by atoms with Gasteiger partial charge in [-0.15, -0.1) is 0 Å². The van der Waals surface area contributed by atoms with Gasteiger partial charge in [0.25, 0.3) is 5.54 Å². The second kappa shape index (κ2) is 10.4. The molecule has 0 unspecified atom stereocenters. The Labute approximate surface area is 199 Å². The molecule has 14 nitrogen and oxygen atoms in total. The summed E-state index contributed by atoms with van der Waals surface area (Å²) in [5, 5.41) is 6.05. The molecular formula is C21H24N8O6. The first-order valence-electron chi connectivity index (χ1n) is 10.5. The van der Waals surface area contributed by atoms with Gasteiger partial charge in [0.05, 0.1) is 5.69 Å². The second-order valence-electron chi connectivity index (χ2n) is 7.52. The average molecular weight is 484 g/mol. The van der Waals surface area contributed by atoms with Crippen LogP contribution >= 0.6 is 0 Å². The molecule has 14 heteroatoms. The third-order valence-corrected chi connectivity index (χ3v) is 5.25. The molecular weight excluding hydrogens is 460 g/mol. The third kappa shape index (κ3) is 4.90. The number of hydrogen-bond donors (Lipinski definition) is 4. The maximum atomic E-state index is 12.8. The topological polar surface area (TPSA) is 191 Å². The number of imidazole rings is 1. The molecule has 0 spiro atoms. The van der Waals surface area contributed by atoms with Crippen LogP contribution in [0.4, 0.5) is 0 Å². The van der Waals surface area contributed by atoms with E-state index in [9.17, 15) is 9.59 Å². The highest BCUT2D eigenvalue weighted by atomic mass is 16.7. The Hall–Kier alpha value is -4.11. The number of ether oxygens (including phenoxy) is 2. The van der Waals surface area contributed by atoms with Crippen molar-refractivity contribution in [3.05, 3.63) is 59.9 Å². The molecule has 0 atom stereocenters. The first-order chi connectivity index (χ1) is 17.0. The molecule has 4 rings (SSSR count). The summed E-state index contributed by atoms with van der Waals surface area (Å²) in [7, 11) is 0. The molecule has 1 aromatic carbocycles. The van der Waals surface area contributed by atoms with Crippen molar-refractivity contribution in [1.29, 1.82) is 0 Å². The van der Waals surface area contributed by atoms with Gasteiger partial charge in [-0.2, -0.15) is 11.8 Å². The summed E-state index contributed by atoms with van der Waals surface area (Å²) in [6.45, 7) is 2.80. The van der Waals surface area contributed by atoms with Gasteiger partial charge in [0, 0.05) is 37.7 Å². The maximum Gasteiger partial charge on any atom is 0.363 e. The predicted octanol–water partition coefficient (Wildman–Crippen LogP) is -0.892. The van der Waals surface area contributed by atoms with Gasteiger partial charge in [-0.3, -0.25) is 9.88 Å². The minimum atomic E-state index is -2.24. The summed E-state index contributed by atoms with van der Waals surface area (Å²) in [5.41, 5.74) is -0.886. The molecule has 0 amide bonds. The molecule has 0 radical (unpaired) electrons. The van der Waals surface area contributed by atoms with Crippen molar-refractivity contribution in [3.8, 4) is 17.4 Å². The Morgan fingerprint density at radius 1 is 1.11 bits per heavy atom. The van der Waals surface area contributed by atoms with Crippen LogP contribution in [0, 0.1) is 6.92 Å². The van der Waals surface area contributed by atoms with Gasteiger partial charge < -0.3 is 24.5 Å². The molecule has 0 saturated carbocycles. The highest BCUT2D eigenvalue weighted by molar-refractivity contribution is 6.05. The van der Waals surface area contributed by atoms with Gasteiger partial charge in [0.2, 0.25) is 12.7 Å². The summed E-state index contributed by atoms with van der Waals surface area (Å²) in [4.78, 5) is 47.2. The van der Waals surface area contributed by atoms with Gasteiger partial charge in [-0.05, 0) is 30.7 Å². The third-order valence-electron chi connectivity index (χ3n) is 5.25. The van der Waals surface area contributed by atoms with Crippen LogP contribution in [0.25, 0.3) is 5.95 Å². The number of nitrogens with zero attached hydrogens (tertiary/aromatic N) is 4. The van der Waals surface area contributed by atoms with Crippen molar-refractivity contribution >= 4 is 11.9 Å². The van der Waals surface area contributed by atoms with Gasteiger partial charge in [-0.25, -0.2) is 24.5 Å². The minimum absolute atomic E-state index is 0.0598. The van der Waals surface area contributed by atoms with Crippen molar-refractivity contribution in [2.75, 3.05) is 19.9 Å². The smallest absolute Gasteiger partial charge is 0.363 e. The van der Waals surface area contributed by atoms with Crippen molar-refractivity contribution in [1.82, 2.24) is 30.2 Å². The van der Waals surface area contributed by atoms with Crippen LogP contribution in [-0.2, 0) is 31.3 Å². The Morgan fingerprint density at radius 2 is 1.89 bits per heavy atom. The Morgan fingerprint density at radius 3 is 2.60 bits per heavy atom. The number of aryl methyl sites for hydroxylation is 1. The van der Waals surface area contributed by atoms with Crippen LogP contribution in [-0.4, -0.2) is 51.3 Å². The maximum absolute atomic E-state index is 12.8. The lowest BCUT2D eigenvalue weighted by Crippen LogP contribution is -2.59. The molecule has 184 valence electrons. The largest absolute Gasteiger partial charge is 0.454 e. The lowest BCUT2D eigenvalue weighted by Gasteiger charge is -2.28. The number of nitrogens with two attached hydrogens (primary N) is 2. The molecule has 0 bridgehead atoms. The van der Waals surface area contributed by atoms with E-state index in [-0.39, 0.29) is 25.0 Å². The molecule has 6 N–H and O–H groups in total. The van der Waals surface area contributed by atoms with Crippen LogP contribution in [0.2, 0.25) is 0 Å². The van der Waals surface area contributed by atoms with E-state index in [1.54, 1.807) is 13.1 Å². The van der Waals surface area contributed by atoms with E-state index in [0.717, 1.165) is 5.56 Å². The fourth-order valence-electron chi connectivity index (χ4n) is 3.56.